The number of nitrogen functional groups attached to an aromatic ring is 1. The van der Waals surface area contributed by atoms with Crippen LogP contribution < -0.4 is 16.5 Å². The van der Waals surface area contributed by atoms with Gasteiger partial charge in [-0.2, -0.15) is 0 Å². The molecule has 2 unspecified atom stereocenters. The standard InChI is InChI=1S/C23H20N8O9S4/c24-23-26-10(8-43-23)15(28-40-13(21(36)37)5-30-2-1-11(32)12(33)4-30)18(34)27-16-19(35)31-17(22(38)39)9(7-42-20(16)31)6-41-14-3-25-29-44-14/h1-4,8,13,16,20,33H,5-7H2,(H2,24,26)(H,27,34)(H,36,37)(H,38,39)/b28-15-/t13?,16?,20-/m1/s1. The van der Waals surface area contributed by atoms with E-state index in [2.05, 4.69) is 25.0 Å². The van der Waals surface area contributed by atoms with Gasteiger partial charge in [0.1, 0.15) is 27.0 Å². The number of thiazole rings is 1. The van der Waals surface area contributed by atoms with Gasteiger partial charge in [0.15, 0.2) is 16.6 Å². The van der Waals surface area contributed by atoms with Gasteiger partial charge in [-0.25, -0.2) is 14.6 Å². The quantitative estimate of drug-likeness (QED) is 0.0722. The van der Waals surface area contributed by atoms with E-state index in [-0.39, 0.29) is 22.3 Å². The summed E-state index contributed by atoms with van der Waals surface area (Å²) in [7, 11) is 0. The summed E-state index contributed by atoms with van der Waals surface area (Å²) in [5.41, 5.74) is 4.88. The van der Waals surface area contributed by atoms with E-state index in [1.165, 1.54) is 39.7 Å². The lowest BCUT2D eigenvalue weighted by atomic mass is 10.0. The van der Waals surface area contributed by atoms with Crippen LogP contribution in [-0.4, -0.2) is 97.8 Å². The van der Waals surface area contributed by atoms with Crippen molar-refractivity contribution in [2.24, 2.45) is 5.16 Å². The molecule has 0 radical (unpaired) electrons. The van der Waals surface area contributed by atoms with Crippen molar-refractivity contribution in [1.29, 1.82) is 0 Å². The average Bonchev–Trinajstić information content (AvgIpc) is 3.67. The fourth-order valence-corrected chi connectivity index (χ4v) is 7.53. The summed E-state index contributed by atoms with van der Waals surface area (Å²) in [6.45, 7) is -0.403. The van der Waals surface area contributed by atoms with Gasteiger partial charge in [0.05, 0.1) is 12.7 Å². The number of carbonyl (C=O) groups excluding carboxylic acids is 2. The van der Waals surface area contributed by atoms with Crippen LogP contribution in [-0.2, 0) is 30.6 Å². The number of thioether (sulfide) groups is 2. The maximum absolute atomic E-state index is 13.4. The van der Waals surface area contributed by atoms with Gasteiger partial charge in [-0.1, -0.05) is 9.64 Å². The van der Waals surface area contributed by atoms with Crippen molar-refractivity contribution in [3.8, 4) is 5.75 Å². The number of nitrogens with zero attached hydrogens (tertiary/aromatic N) is 6. The first-order chi connectivity index (χ1) is 21.0. The highest BCUT2D eigenvalue weighted by Gasteiger charge is 2.54. The van der Waals surface area contributed by atoms with Crippen LogP contribution in [0.2, 0.25) is 0 Å². The van der Waals surface area contributed by atoms with Crippen molar-refractivity contribution in [1.82, 2.24) is 29.4 Å². The third-order valence-corrected chi connectivity index (χ3v) is 10.1. The van der Waals surface area contributed by atoms with E-state index in [0.29, 0.717) is 11.3 Å². The molecule has 2 amide bonds. The Hall–Kier alpha value is -4.47. The van der Waals surface area contributed by atoms with Crippen molar-refractivity contribution in [2.45, 2.75) is 28.3 Å². The number of carboxylic acid groups (broad SMARTS) is 2. The number of carboxylic acids is 2. The fourth-order valence-electron chi connectivity index (χ4n) is 4.08. The number of nitrogens with one attached hydrogen (secondary N) is 1. The molecule has 230 valence electrons. The Bertz CT molecular complexity index is 1740. The fraction of sp³-hybridized carbons (Fsp3) is 0.261. The number of pyridine rings is 1. The topological polar surface area (TPSA) is 253 Å². The number of β-lactam (4-membered cyclic amide) rings is 1. The van der Waals surface area contributed by atoms with Crippen LogP contribution in [0.5, 0.6) is 5.75 Å². The second-order valence-corrected chi connectivity index (χ2v) is 13.0. The third-order valence-electron chi connectivity index (χ3n) is 6.13. The number of aliphatic carboxylic acids is 2. The van der Waals surface area contributed by atoms with Crippen LogP contribution in [0, 0.1) is 0 Å². The molecule has 5 rings (SSSR count). The van der Waals surface area contributed by atoms with Crippen molar-refractivity contribution >= 4 is 81.0 Å². The molecule has 3 aromatic heterocycles. The van der Waals surface area contributed by atoms with Crippen molar-refractivity contribution in [2.75, 3.05) is 17.2 Å². The highest BCUT2D eigenvalue weighted by atomic mass is 32.2. The van der Waals surface area contributed by atoms with Crippen LogP contribution >= 0.6 is 46.4 Å². The molecule has 21 heteroatoms. The van der Waals surface area contributed by atoms with E-state index in [1.807, 2.05) is 0 Å². The predicted molar refractivity (Wildman–Crippen MR) is 158 cm³/mol. The van der Waals surface area contributed by atoms with Crippen molar-refractivity contribution < 1.29 is 39.3 Å². The third kappa shape index (κ3) is 6.54. The highest BCUT2D eigenvalue weighted by Crippen LogP contribution is 2.41. The summed E-state index contributed by atoms with van der Waals surface area (Å²) in [4.78, 5) is 72.3. The molecule has 6 N–H and O–H groups in total. The zero-order valence-electron chi connectivity index (χ0n) is 21.9. The molecule has 3 atom stereocenters. The first-order valence-corrected chi connectivity index (χ1v) is 15.9. The first-order valence-electron chi connectivity index (χ1n) is 12.2. The summed E-state index contributed by atoms with van der Waals surface area (Å²) < 4.78 is 5.74. The number of rotatable bonds is 12. The molecule has 0 bridgehead atoms. The summed E-state index contributed by atoms with van der Waals surface area (Å²) in [5, 5.41) is 39.9. The van der Waals surface area contributed by atoms with Gasteiger partial charge < -0.3 is 35.8 Å². The Morgan fingerprint density at radius 3 is 2.73 bits per heavy atom. The zero-order valence-corrected chi connectivity index (χ0v) is 25.2. The van der Waals surface area contributed by atoms with Gasteiger partial charge in [0, 0.05) is 35.3 Å². The Morgan fingerprint density at radius 2 is 2.09 bits per heavy atom. The number of fused-ring (bicyclic) bond motifs is 1. The summed E-state index contributed by atoms with van der Waals surface area (Å²) in [5.74, 6) is -4.38. The monoisotopic (exact) mass is 680 g/mol. The molecule has 44 heavy (non-hydrogen) atoms. The second-order valence-electron chi connectivity index (χ2n) is 8.98. The minimum Gasteiger partial charge on any atom is -0.503 e. The number of amides is 2. The van der Waals surface area contributed by atoms with E-state index in [9.17, 15) is 39.3 Å². The van der Waals surface area contributed by atoms with Crippen LogP contribution in [0.25, 0.3) is 0 Å². The molecule has 17 nitrogen and oxygen atoms in total. The summed E-state index contributed by atoms with van der Waals surface area (Å²) >= 11 is 4.75. The SMILES string of the molecule is Nc1nc(/C(=N/OC(Cn2ccc(=O)c(O)c2)C(=O)O)C(=O)NC2C(=O)N3C(C(=O)O)=C(CSc4cnns4)CS[C@H]23)cs1. The first kappa shape index (κ1) is 31.0. The zero-order chi connectivity index (χ0) is 31.5. The molecule has 0 aliphatic carbocycles. The minimum atomic E-state index is -1.68. The Balaban J connectivity index is 1.33. The van der Waals surface area contributed by atoms with Gasteiger partial charge in [-0.15, -0.1) is 40.0 Å². The number of oxime groups is 1. The van der Waals surface area contributed by atoms with Gasteiger partial charge in [0.2, 0.25) is 11.5 Å². The van der Waals surface area contributed by atoms with E-state index < -0.39 is 64.7 Å². The smallest absolute Gasteiger partial charge is 0.352 e. The number of carbonyl (C=O) groups is 4. The predicted octanol–water partition coefficient (Wildman–Crippen LogP) is -0.151. The molecular formula is C23H20N8O9S4. The molecule has 0 spiro atoms. The van der Waals surface area contributed by atoms with Crippen LogP contribution in [0.3, 0.4) is 0 Å². The lowest BCUT2D eigenvalue weighted by molar-refractivity contribution is -0.151. The van der Waals surface area contributed by atoms with Crippen LogP contribution in [0.4, 0.5) is 5.13 Å². The number of hydrogen-bond acceptors (Lipinski definition) is 16. The summed E-state index contributed by atoms with van der Waals surface area (Å²) in [6.07, 6.45) is 2.12. The van der Waals surface area contributed by atoms with Crippen molar-refractivity contribution in [3.63, 3.8) is 0 Å². The molecule has 3 aromatic rings. The van der Waals surface area contributed by atoms with Gasteiger partial charge in [-0.05, 0) is 17.1 Å². The van der Waals surface area contributed by atoms with Crippen LogP contribution in [0.1, 0.15) is 5.69 Å². The Morgan fingerprint density at radius 1 is 1.30 bits per heavy atom. The summed E-state index contributed by atoms with van der Waals surface area (Å²) in [6, 6.07) is -0.0930. The molecule has 1 saturated heterocycles. The highest BCUT2D eigenvalue weighted by molar-refractivity contribution is 8.01. The number of aromatic hydroxyl groups is 1. The maximum Gasteiger partial charge on any atom is 0.352 e. The molecule has 0 aromatic carbocycles. The molecular weight excluding hydrogens is 661 g/mol. The largest absolute Gasteiger partial charge is 0.503 e. The number of nitrogens with two attached hydrogens (primary N) is 1. The van der Waals surface area contributed by atoms with E-state index in [4.69, 9.17) is 10.6 Å². The minimum absolute atomic E-state index is 0.0574. The van der Waals surface area contributed by atoms with Crippen molar-refractivity contribution in [3.05, 3.63) is 57.2 Å². The normalized spacial score (nSPS) is 18.8. The average molecular weight is 681 g/mol. The molecule has 2 aliphatic heterocycles. The van der Waals surface area contributed by atoms with Gasteiger partial charge in [0.25, 0.3) is 11.8 Å². The Labute approximate surface area is 262 Å². The maximum atomic E-state index is 13.4. The van der Waals surface area contributed by atoms with E-state index in [0.717, 1.165) is 44.2 Å². The second kappa shape index (κ2) is 13.0. The van der Waals surface area contributed by atoms with E-state index >= 15 is 0 Å². The van der Waals surface area contributed by atoms with E-state index in [1.54, 1.807) is 6.20 Å². The molecule has 5 heterocycles. The van der Waals surface area contributed by atoms with Gasteiger partial charge in [-0.3, -0.25) is 19.3 Å². The number of anilines is 1. The van der Waals surface area contributed by atoms with Gasteiger partial charge >= 0.3 is 11.9 Å². The van der Waals surface area contributed by atoms with Crippen LogP contribution in [0.15, 0.2) is 55.5 Å². The Kier molecular flexibility index (Phi) is 9.17. The lowest BCUT2D eigenvalue weighted by Crippen LogP contribution is -2.71. The molecule has 1 fully saturated rings. The molecule has 0 saturated carbocycles. The number of hydrogen-bond donors (Lipinski definition) is 5. The molecule has 2 aliphatic rings. The number of aromatic nitrogens is 4. The lowest BCUT2D eigenvalue weighted by Gasteiger charge is -2.49.